The number of benzene rings is 1. The van der Waals surface area contributed by atoms with Gasteiger partial charge in [-0.25, -0.2) is 0 Å². The van der Waals surface area contributed by atoms with Gasteiger partial charge in [0.2, 0.25) is 5.91 Å². The normalized spacial score (nSPS) is 22.7. The number of amides is 3. The molecule has 0 spiro atoms. The molecule has 146 valence electrons. The van der Waals surface area contributed by atoms with E-state index < -0.39 is 24.2 Å². The lowest BCUT2D eigenvalue weighted by atomic mass is 10.0. The topological polar surface area (TPSA) is 94.3 Å². The van der Waals surface area contributed by atoms with Gasteiger partial charge in [-0.05, 0) is 5.56 Å². The van der Waals surface area contributed by atoms with Crippen LogP contribution in [0.15, 0.2) is 30.3 Å². The lowest BCUT2D eigenvalue weighted by Crippen LogP contribution is -2.50. The molecule has 2 heterocycles. The van der Waals surface area contributed by atoms with Crippen molar-refractivity contribution in [2.45, 2.75) is 24.7 Å². The van der Waals surface area contributed by atoms with Crippen LogP contribution in [0.4, 0.5) is 0 Å². The molecule has 0 aliphatic carbocycles. The molecule has 8 nitrogen and oxygen atoms in total. The summed E-state index contributed by atoms with van der Waals surface area (Å²) in [6, 6.07) is 8.80. The summed E-state index contributed by atoms with van der Waals surface area (Å²) in [6.07, 6.45) is -1.18. The lowest BCUT2D eigenvalue weighted by Gasteiger charge is -2.26. The summed E-state index contributed by atoms with van der Waals surface area (Å²) in [5, 5.41) is 5.94. The Bertz CT molecular complexity index is 688. The van der Waals surface area contributed by atoms with E-state index in [0.717, 1.165) is 18.7 Å². The second-order valence-corrected chi connectivity index (χ2v) is 7.04. The number of rotatable bonds is 6. The first-order valence-corrected chi connectivity index (χ1v) is 9.18. The third-order valence-electron chi connectivity index (χ3n) is 4.76. The maximum atomic E-state index is 12.5. The molecule has 2 unspecified atom stereocenters. The molecule has 27 heavy (non-hydrogen) atoms. The number of carbonyl (C=O) groups excluding carboxylic acids is 3. The highest BCUT2D eigenvalue weighted by atomic mass is 16.6. The quantitative estimate of drug-likeness (QED) is 0.623. The second kappa shape index (κ2) is 8.49. The molecule has 2 saturated heterocycles. The van der Waals surface area contributed by atoms with Crippen molar-refractivity contribution in [3.8, 4) is 0 Å². The number of ether oxygens (including phenoxy) is 1. The Balaban J connectivity index is 1.59. The van der Waals surface area contributed by atoms with Gasteiger partial charge in [0.05, 0.1) is 0 Å². The Morgan fingerprint density at radius 3 is 2.48 bits per heavy atom. The lowest BCUT2D eigenvalue weighted by molar-refractivity contribution is -0.134. The molecule has 1 aromatic carbocycles. The number of piperazine rings is 1. The SMILES string of the molecule is CN(C)C(=O)[C@H](Cc1ccccc1)NC(=O)C1OC1C(=O)N1CCNCC1. The number of epoxide rings is 1. The standard InChI is InChI=1S/C19H26N4O4/c1-22(2)18(25)14(12-13-6-4-3-5-7-13)21-17(24)15-16(27-15)19(26)23-10-8-20-9-11-23/h3-7,14-16,20H,8-12H2,1-2H3,(H,21,24)/t14-,15?,16?/m0/s1. The average molecular weight is 374 g/mol. The van der Waals surface area contributed by atoms with Crippen LogP contribution in [0, 0.1) is 0 Å². The summed E-state index contributed by atoms with van der Waals surface area (Å²) in [7, 11) is 3.30. The molecule has 2 aliphatic heterocycles. The fourth-order valence-corrected chi connectivity index (χ4v) is 3.18. The van der Waals surface area contributed by atoms with Crippen molar-refractivity contribution in [3.63, 3.8) is 0 Å². The summed E-state index contributed by atoms with van der Waals surface area (Å²) in [5.74, 6) is -0.771. The van der Waals surface area contributed by atoms with E-state index in [2.05, 4.69) is 10.6 Å². The highest BCUT2D eigenvalue weighted by Crippen LogP contribution is 2.25. The van der Waals surface area contributed by atoms with E-state index in [1.54, 1.807) is 19.0 Å². The van der Waals surface area contributed by atoms with Gasteiger partial charge in [-0.3, -0.25) is 14.4 Å². The van der Waals surface area contributed by atoms with Gasteiger partial charge in [-0.15, -0.1) is 0 Å². The molecule has 2 N–H and O–H groups in total. The summed E-state index contributed by atoms with van der Waals surface area (Å²) >= 11 is 0. The van der Waals surface area contributed by atoms with Crippen LogP contribution >= 0.6 is 0 Å². The van der Waals surface area contributed by atoms with Crippen LogP contribution in [0.5, 0.6) is 0 Å². The number of nitrogens with zero attached hydrogens (tertiary/aromatic N) is 2. The molecule has 3 amide bonds. The summed E-state index contributed by atoms with van der Waals surface area (Å²) in [5.41, 5.74) is 0.947. The van der Waals surface area contributed by atoms with E-state index in [4.69, 9.17) is 4.74 Å². The average Bonchev–Trinajstić information content (AvgIpc) is 3.48. The maximum Gasteiger partial charge on any atom is 0.255 e. The van der Waals surface area contributed by atoms with Crippen LogP contribution in [0.2, 0.25) is 0 Å². The summed E-state index contributed by atoms with van der Waals surface area (Å²) in [4.78, 5) is 40.6. The minimum atomic E-state index is -0.819. The molecule has 2 fully saturated rings. The Morgan fingerprint density at radius 1 is 1.19 bits per heavy atom. The third-order valence-corrected chi connectivity index (χ3v) is 4.76. The number of likely N-dealkylation sites (N-methyl/N-ethyl adjacent to an activating group) is 1. The van der Waals surface area contributed by atoms with Crippen molar-refractivity contribution < 1.29 is 19.1 Å². The molecule has 0 aromatic heterocycles. The number of nitrogens with one attached hydrogen (secondary N) is 2. The number of hydrogen-bond acceptors (Lipinski definition) is 5. The molecule has 0 saturated carbocycles. The van der Waals surface area contributed by atoms with E-state index >= 15 is 0 Å². The van der Waals surface area contributed by atoms with E-state index in [1.165, 1.54) is 4.90 Å². The van der Waals surface area contributed by atoms with E-state index in [9.17, 15) is 14.4 Å². The molecular formula is C19H26N4O4. The van der Waals surface area contributed by atoms with Gasteiger partial charge in [0, 0.05) is 46.7 Å². The predicted octanol–water partition coefficient (Wildman–Crippen LogP) is -0.999. The van der Waals surface area contributed by atoms with Crippen LogP contribution in [0.25, 0.3) is 0 Å². The van der Waals surface area contributed by atoms with E-state index in [1.807, 2.05) is 30.3 Å². The highest BCUT2D eigenvalue weighted by Gasteiger charge is 2.52. The third kappa shape index (κ3) is 4.84. The molecule has 8 heteroatoms. The van der Waals surface area contributed by atoms with Crippen LogP contribution in [-0.2, 0) is 25.5 Å². The van der Waals surface area contributed by atoms with Crippen molar-refractivity contribution >= 4 is 17.7 Å². The van der Waals surface area contributed by atoms with Crippen molar-refractivity contribution in [2.24, 2.45) is 0 Å². The van der Waals surface area contributed by atoms with Crippen LogP contribution in [-0.4, -0.2) is 86.0 Å². The highest BCUT2D eigenvalue weighted by molar-refractivity contribution is 5.97. The van der Waals surface area contributed by atoms with Gasteiger partial charge in [0.25, 0.3) is 11.8 Å². The van der Waals surface area contributed by atoms with Crippen molar-refractivity contribution in [1.82, 2.24) is 20.4 Å². The molecule has 1 aromatic rings. The predicted molar refractivity (Wildman–Crippen MR) is 98.9 cm³/mol. The molecule has 0 radical (unpaired) electrons. The first-order valence-electron chi connectivity index (χ1n) is 9.18. The Kier molecular flexibility index (Phi) is 6.08. The Labute approximate surface area is 158 Å². The van der Waals surface area contributed by atoms with Crippen molar-refractivity contribution in [3.05, 3.63) is 35.9 Å². The first-order chi connectivity index (χ1) is 13.0. The van der Waals surface area contributed by atoms with Gasteiger partial charge in [-0.2, -0.15) is 0 Å². The zero-order chi connectivity index (χ0) is 19.4. The molecule has 3 atom stereocenters. The second-order valence-electron chi connectivity index (χ2n) is 7.04. The van der Waals surface area contributed by atoms with E-state index in [-0.39, 0.29) is 11.8 Å². The summed E-state index contributed by atoms with van der Waals surface area (Å²) in [6.45, 7) is 2.71. The van der Waals surface area contributed by atoms with Crippen molar-refractivity contribution in [2.75, 3.05) is 40.3 Å². The van der Waals surface area contributed by atoms with Gasteiger partial charge in [0.1, 0.15) is 6.04 Å². The minimum Gasteiger partial charge on any atom is -0.349 e. The van der Waals surface area contributed by atoms with Gasteiger partial charge < -0.3 is 25.2 Å². The molecule has 0 bridgehead atoms. The van der Waals surface area contributed by atoms with Crippen LogP contribution in [0.3, 0.4) is 0 Å². The molecule has 3 rings (SSSR count). The Hall–Kier alpha value is -2.45. The molecular weight excluding hydrogens is 348 g/mol. The monoisotopic (exact) mass is 374 g/mol. The Morgan fingerprint density at radius 2 is 1.85 bits per heavy atom. The first kappa shape index (κ1) is 19.3. The van der Waals surface area contributed by atoms with Crippen molar-refractivity contribution in [1.29, 1.82) is 0 Å². The maximum absolute atomic E-state index is 12.5. The zero-order valence-corrected chi connectivity index (χ0v) is 15.7. The number of carbonyl (C=O) groups is 3. The minimum absolute atomic E-state index is 0.157. The number of hydrogen-bond donors (Lipinski definition) is 2. The largest absolute Gasteiger partial charge is 0.349 e. The van der Waals surface area contributed by atoms with E-state index in [0.29, 0.717) is 19.5 Å². The summed E-state index contributed by atoms with van der Waals surface area (Å²) < 4.78 is 5.34. The fraction of sp³-hybridized carbons (Fsp3) is 0.526. The fourth-order valence-electron chi connectivity index (χ4n) is 3.18. The van der Waals surface area contributed by atoms with Crippen LogP contribution in [0.1, 0.15) is 5.56 Å². The van der Waals surface area contributed by atoms with Gasteiger partial charge >= 0.3 is 0 Å². The zero-order valence-electron chi connectivity index (χ0n) is 15.7. The van der Waals surface area contributed by atoms with Gasteiger partial charge in [-0.1, -0.05) is 30.3 Å². The van der Waals surface area contributed by atoms with Crippen LogP contribution < -0.4 is 10.6 Å². The molecule has 2 aliphatic rings. The smallest absolute Gasteiger partial charge is 0.255 e. The van der Waals surface area contributed by atoms with Gasteiger partial charge in [0.15, 0.2) is 12.2 Å².